The molecule has 0 fully saturated rings. The predicted octanol–water partition coefficient (Wildman–Crippen LogP) is 14.0. The van der Waals surface area contributed by atoms with Gasteiger partial charge in [0.1, 0.15) is 0 Å². The van der Waals surface area contributed by atoms with Gasteiger partial charge in [-0.2, -0.15) is 0 Å². The highest BCUT2D eigenvalue weighted by molar-refractivity contribution is 6.16. The fourth-order valence-electron chi connectivity index (χ4n) is 11.2. The van der Waals surface area contributed by atoms with Crippen LogP contribution >= 0.6 is 0 Å². The van der Waals surface area contributed by atoms with Crippen LogP contribution in [0.1, 0.15) is 52.1 Å². The molecule has 3 nitrogen and oxygen atoms in total. The zero-order valence-electron chi connectivity index (χ0n) is 36.7. The van der Waals surface area contributed by atoms with E-state index in [9.17, 15) is 0 Å². The molecule has 3 aliphatic rings. The first-order valence-corrected chi connectivity index (χ1v) is 20.3. The maximum atomic E-state index is 9.09. The third-order valence-electron chi connectivity index (χ3n) is 13.3. The van der Waals surface area contributed by atoms with Crippen molar-refractivity contribution in [3.63, 3.8) is 0 Å². The van der Waals surface area contributed by atoms with Crippen LogP contribution in [-0.4, -0.2) is 13.7 Å². The van der Waals surface area contributed by atoms with Gasteiger partial charge in [-0.05, 0) is 100 Å². The van der Waals surface area contributed by atoms with Gasteiger partial charge in [-0.3, -0.25) is 0 Å². The van der Waals surface area contributed by atoms with Gasteiger partial charge in [0.15, 0.2) is 0 Å². The van der Waals surface area contributed by atoms with Gasteiger partial charge in [-0.15, -0.1) is 0 Å². The Morgan fingerprint density at radius 3 is 1.29 bits per heavy atom. The largest absolute Gasteiger partial charge is 0.309 e. The Labute approximate surface area is 347 Å². The lowest BCUT2D eigenvalue weighted by Gasteiger charge is -2.43. The zero-order chi connectivity index (χ0) is 42.7. The van der Waals surface area contributed by atoms with Crippen LogP contribution in [0.25, 0.3) is 82.5 Å². The summed E-state index contributed by atoms with van der Waals surface area (Å²) < 4.78 is 50.5. The Morgan fingerprint density at radius 2 is 0.746 bits per heavy atom. The first-order valence-electron chi connectivity index (χ1n) is 22.8. The van der Waals surface area contributed by atoms with Gasteiger partial charge in [0.2, 0.25) is 0 Å². The molecule has 0 amide bonds. The normalized spacial score (nSPS) is 16.6. The van der Waals surface area contributed by atoms with Crippen molar-refractivity contribution in [3.8, 4) is 17.1 Å². The zero-order valence-corrected chi connectivity index (χ0v) is 31.7. The summed E-state index contributed by atoms with van der Waals surface area (Å²) >= 11 is 0. The molecule has 12 aromatic rings. The Kier molecular flexibility index (Phi) is 5.28. The highest BCUT2D eigenvalue weighted by Crippen LogP contribution is 2.60. The molecule has 0 N–H and O–H groups in total. The lowest BCUT2D eigenvalue weighted by molar-refractivity contribution is 0.768. The smallest absolute Gasteiger partial charge is 0.0645 e. The van der Waals surface area contributed by atoms with E-state index in [1.165, 1.54) is 66.0 Å². The van der Waals surface area contributed by atoms with Crippen LogP contribution in [0.15, 0.2) is 200 Å². The van der Waals surface area contributed by atoms with Crippen molar-refractivity contribution in [2.24, 2.45) is 0 Å². The molecule has 0 saturated heterocycles. The molecular weight excluding hydrogens is 715 g/mol. The number of aromatic nitrogens is 3. The van der Waals surface area contributed by atoms with Crippen LogP contribution in [-0.2, 0) is 0 Å². The van der Waals surface area contributed by atoms with Crippen molar-refractivity contribution in [1.29, 1.82) is 0 Å². The van der Waals surface area contributed by atoms with E-state index in [-0.39, 0.29) is 41.7 Å². The first kappa shape index (κ1) is 27.1. The maximum Gasteiger partial charge on any atom is 0.0645 e. The lowest BCUT2D eigenvalue weighted by Crippen LogP contribution is -2.28. The fourth-order valence-corrected chi connectivity index (χ4v) is 11.2. The van der Waals surface area contributed by atoms with E-state index in [2.05, 4.69) is 161 Å². The van der Waals surface area contributed by atoms with E-state index < -0.39 is 6.04 Å². The van der Waals surface area contributed by atoms with E-state index in [4.69, 9.17) is 6.85 Å². The van der Waals surface area contributed by atoms with Crippen molar-refractivity contribution < 1.29 is 6.85 Å². The van der Waals surface area contributed by atoms with Gasteiger partial charge < -0.3 is 13.7 Å². The van der Waals surface area contributed by atoms with Gasteiger partial charge in [0.25, 0.3) is 0 Å². The van der Waals surface area contributed by atoms with E-state index in [0.717, 1.165) is 44.2 Å². The van der Waals surface area contributed by atoms with Gasteiger partial charge in [0, 0.05) is 61.2 Å². The monoisotopic (exact) mass is 754 g/mol. The van der Waals surface area contributed by atoms with Gasteiger partial charge in [0.05, 0.1) is 40.0 Å². The van der Waals surface area contributed by atoms with Crippen molar-refractivity contribution in [3.05, 3.63) is 233 Å². The summed E-state index contributed by atoms with van der Waals surface area (Å²) in [6.07, 6.45) is 0. The van der Waals surface area contributed by atoms with Crippen LogP contribution in [0, 0.1) is 0 Å². The number of fused-ring (bicyclic) bond motifs is 9. The minimum absolute atomic E-state index is 0.0244. The van der Waals surface area contributed by atoms with Crippen LogP contribution < -0.4 is 0 Å². The van der Waals surface area contributed by atoms with Gasteiger partial charge >= 0.3 is 0 Å². The second kappa shape index (κ2) is 11.5. The predicted molar refractivity (Wildman–Crippen MR) is 244 cm³/mol. The van der Waals surface area contributed by atoms with E-state index in [0.29, 0.717) is 0 Å². The third-order valence-corrected chi connectivity index (χ3v) is 13.3. The van der Waals surface area contributed by atoms with Crippen molar-refractivity contribution in [1.82, 2.24) is 13.7 Å². The molecule has 0 aliphatic heterocycles. The average molecular weight is 755 g/mol. The van der Waals surface area contributed by atoms with E-state index in [1.54, 1.807) is 0 Å². The second-order valence-corrected chi connectivity index (χ2v) is 16.0. The molecule has 0 radical (unpaired) electrons. The number of nitrogens with zero attached hydrogens (tertiary/aromatic N) is 3. The summed E-state index contributed by atoms with van der Waals surface area (Å²) in [7, 11) is 0. The van der Waals surface area contributed by atoms with Crippen LogP contribution in [0.3, 0.4) is 0 Å². The molecule has 15 rings (SSSR count). The Morgan fingerprint density at radius 1 is 0.322 bits per heavy atom. The number of hydrogen-bond donors (Lipinski definition) is 0. The first-order chi connectivity index (χ1) is 31.4. The Bertz CT molecular complexity index is 3980. The molecule has 3 heteroatoms. The highest BCUT2D eigenvalue weighted by atomic mass is 15.0. The van der Waals surface area contributed by atoms with Crippen LogP contribution in [0.2, 0.25) is 0 Å². The molecule has 0 saturated carbocycles. The molecule has 3 heterocycles. The summed E-state index contributed by atoms with van der Waals surface area (Å²) in [5.41, 5.74) is 16.2. The van der Waals surface area contributed by atoms with Gasteiger partial charge in [-0.1, -0.05) is 133 Å². The minimum Gasteiger partial charge on any atom is -0.309 e. The van der Waals surface area contributed by atoms with Crippen molar-refractivity contribution in [2.75, 3.05) is 0 Å². The summed E-state index contributed by atoms with van der Waals surface area (Å²) in [5.74, 6) is -0.162. The quantitative estimate of drug-likeness (QED) is 0.171. The SMILES string of the molecule is [2H]c1c([2H])c([2H])c(-n2c3ccccc3c3c4c(ccc32)C2c3ccccc3C4c3c2ccc2c3c3ccccc3n2-c2cccc(-n3c4ccccc4c4ccccc43)c2)c([2H])c1[2H]. The number of benzene rings is 9. The van der Waals surface area contributed by atoms with Gasteiger partial charge in [-0.25, -0.2) is 0 Å². The van der Waals surface area contributed by atoms with E-state index >= 15 is 0 Å². The molecule has 9 aromatic carbocycles. The van der Waals surface area contributed by atoms with E-state index in [1.807, 2.05) is 22.8 Å². The minimum atomic E-state index is -0.399. The average Bonchev–Trinajstić information content (AvgIpc) is 3.99. The molecule has 2 unspecified atom stereocenters. The molecular formula is C56H35N3. The lowest BCUT2D eigenvalue weighted by atomic mass is 9.59. The Balaban J connectivity index is 1.06. The summed E-state index contributed by atoms with van der Waals surface area (Å²) in [6, 6.07) is 59.5. The summed E-state index contributed by atoms with van der Waals surface area (Å²) in [6.45, 7) is 0. The molecule has 2 bridgehead atoms. The van der Waals surface area contributed by atoms with Crippen LogP contribution in [0.5, 0.6) is 0 Å². The molecule has 59 heavy (non-hydrogen) atoms. The summed E-state index contributed by atoms with van der Waals surface area (Å²) in [5, 5.41) is 6.93. The second-order valence-electron chi connectivity index (χ2n) is 16.0. The molecule has 274 valence electrons. The number of para-hydroxylation sites is 5. The highest BCUT2D eigenvalue weighted by Gasteiger charge is 2.44. The molecule has 3 aliphatic carbocycles. The molecule has 0 spiro atoms. The standard InChI is InChI=1S/C56H35N3/c1-2-15-34(16-3-1)57-47-27-12-8-23-41(47)52-49(57)31-29-43-51-39-21-4-5-22-40(39)54(55(43)52)56-44(51)30-32-50-53(56)42-24-9-13-28-48(42)59(50)36-18-14-17-35(33-36)58-45-25-10-6-19-37(45)38-20-7-11-26-46(38)58/h1-33,51,54H/i1D,2D,3D,15D,16D. The third kappa shape index (κ3) is 4.01. The van der Waals surface area contributed by atoms with Crippen LogP contribution in [0.4, 0.5) is 0 Å². The molecule has 2 atom stereocenters. The molecule has 3 aromatic heterocycles. The fraction of sp³-hybridized carbons (Fsp3) is 0.0357. The maximum absolute atomic E-state index is 9.09. The Hall–Kier alpha value is -7.62. The number of rotatable bonds is 3. The van der Waals surface area contributed by atoms with Crippen molar-refractivity contribution >= 4 is 65.4 Å². The van der Waals surface area contributed by atoms with Crippen molar-refractivity contribution in [2.45, 2.75) is 11.8 Å². The number of hydrogen-bond acceptors (Lipinski definition) is 0. The summed E-state index contributed by atoms with van der Waals surface area (Å²) in [4.78, 5) is 0. The topological polar surface area (TPSA) is 14.8 Å².